The van der Waals surface area contributed by atoms with Crippen LogP contribution in [0.1, 0.15) is 22.7 Å². The highest BCUT2D eigenvalue weighted by molar-refractivity contribution is 9.10. The number of carbonyl (C=O) groups is 2. The lowest BCUT2D eigenvalue weighted by molar-refractivity contribution is -0.139. The van der Waals surface area contributed by atoms with Gasteiger partial charge in [-0.05, 0) is 66.1 Å². The fourth-order valence-corrected chi connectivity index (χ4v) is 4.42. The molecule has 4 rings (SSSR count). The standard InChI is InChI=1S/C27H23BrFNO5/c1-34-21-12-3-16(15-22(21)35-2)13-14-30-24(17-4-8-19(28)9-5-17)23(26(32)27(30)33)25(31)18-6-10-20(29)11-7-18/h3-12,15,24,31H,13-14H2,1-2H3/t24-/m1/s1. The summed E-state index contributed by atoms with van der Waals surface area (Å²) in [5, 5.41) is 11.0. The zero-order chi connectivity index (χ0) is 25.1. The van der Waals surface area contributed by atoms with Crippen molar-refractivity contribution in [2.24, 2.45) is 0 Å². The van der Waals surface area contributed by atoms with Gasteiger partial charge in [0, 0.05) is 16.6 Å². The molecule has 1 amide bonds. The van der Waals surface area contributed by atoms with E-state index in [-0.39, 0.29) is 23.4 Å². The maximum Gasteiger partial charge on any atom is 0.295 e. The van der Waals surface area contributed by atoms with Gasteiger partial charge in [-0.15, -0.1) is 0 Å². The maximum atomic E-state index is 13.4. The second kappa shape index (κ2) is 10.3. The molecular formula is C27H23BrFNO5. The molecule has 0 bridgehead atoms. The van der Waals surface area contributed by atoms with E-state index in [4.69, 9.17) is 9.47 Å². The summed E-state index contributed by atoms with van der Waals surface area (Å²) in [4.78, 5) is 27.7. The predicted octanol–water partition coefficient (Wildman–Crippen LogP) is 5.27. The number of methoxy groups -OCH3 is 2. The van der Waals surface area contributed by atoms with Crippen molar-refractivity contribution in [2.75, 3.05) is 20.8 Å². The van der Waals surface area contributed by atoms with E-state index < -0.39 is 23.5 Å². The molecule has 0 spiro atoms. The number of rotatable bonds is 7. The zero-order valence-electron chi connectivity index (χ0n) is 19.1. The lowest BCUT2D eigenvalue weighted by Gasteiger charge is -2.25. The van der Waals surface area contributed by atoms with Crippen LogP contribution in [0, 0.1) is 5.82 Å². The highest BCUT2D eigenvalue weighted by atomic mass is 79.9. The number of nitrogens with zero attached hydrogens (tertiary/aromatic N) is 1. The lowest BCUT2D eigenvalue weighted by atomic mass is 9.95. The molecule has 0 aromatic heterocycles. The summed E-state index contributed by atoms with van der Waals surface area (Å²) in [5.41, 5.74) is 1.78. The fraction of sp³-hybridized carbons (Fsp3) is 0.185. The summed E-state index contributed by atoms with van der Waals surface area (Å²) in [6.07, 6.45) is 0.441. The Morgan fingerprint density at radius 2 is 1.63 bits per heavy atom. The number of aliphatic hydroxyl groups excluding tert-OH is 1. The van der Waals surface area contributed by atoms with E-state index >= 15 is 0 Å². The third-order valence-corrected chi connectivity index (χ3v) is 6.46. The molecule has 0 radical (unpaired) electrons. The number of ether oxygens (including phenoxy) is 2. The number of carbonyl (C=O) groups excluding carboxylic acids is 2. The normalized spacial score (nSPS) is 17.0. The molecule has 35 heavy (non-hydrogen) atoms. The maximum absolute atomic E-state index is 13.4. The summed E-state index contributed by atoms with van der Waals surface area (Å²) < 4.78 is 24.9. The van der Waals surface area contributed by atoms with E-state index in [9.17, 15) is 19.1 Å². The van der Waals surface area contributed by atoms with Crippen molar-refractivity contribution in [3.8, 4) is 11.5 Å². The monoisotopic (exact) mass is 539 g/mol. The number of Topliss-reactive ketones (excluding diaryl/α,β-unsaturated/α-hetero) is 1. The van der Waals surface area contributed by atoms with Crippen molar-refractivity contribution in [1.29, 1.82) is 0 Å². The highest BCUT2D eigenvalue weighted by Gasteiger charge is 2.45. The van der Waals surface area contributed by atoms with Gasteiger partial charge in [0.2, 0.25) is 0 Å². The first-order valence-electron chi connectivity index (χ1n) is 10.8. The Labute approximate surface area is 210 Å². The Kier molecular flexibility index (Phi) is 7.21. The largest absolute Gasteiger partial charge is 0.507 e. The first kappa shape index (κ1) is 24.5. The van der Waals surface area contributed by atoms with Crippen molar-refractivity contribution < 1.29 is 28.6 Å². The Hall–Kier alpha value is -3.65. The van der Waals surface area contributed by atoms with E-state index in [0.29, 0.717) is 23.5 Å². The van der Waals surface area contributed by atoms with Crippen LogP contribution in [0.3, 0.4) is 0 Å². The van der Waals surface area contributed by atoms with Crippen molar-refractivity contribution in [2.45, 2.75) is 12.5 Å². The molecule has 1 saturated heterocycles. The van der Waals surface area contributed by atoms with Crippen LogP contribution in [0.5, 0.6) is 11.5 Å². The number of likely N-dealkylation sites (tertiary alicyclic amines) is 1. The van der Waals surface area contributed by atoms with Crippen LogP contribution < -0.4 is 9.47 Å². The van der Waals surface area contributed by atoms with Crippen LogP contribution in [-0.4, -0.2) is 42.5 Å². The number of hydrogen-bond acceptors (Lipinski definition) is 5. The van der Waals surface area contributed by atoms with Gasteiger partial charge in [-0.3, -0.25) is 9.59 Å². The first-order chi connectivity index (χ1) is 16.8. The Morgan fingerprint density at radius 3 is 2.26 bits per heavy atom. The van der Waals surface area contributed by atoms with Gasteiger partial charge >= 0.3 is 0 Å². The Bertz CT molecular complexity index is 1290. The molecule has 1 heterocycles. The topological polar surface area (TPSA) is 76.1 Å². The fourth-order valence-electron chi connectivity index (χ4n) is 4.15. The van der Waals surface area contributed by atoms with E-state index in [1.54, 1.807) is 32.4 Å². The Morgan fingerprint density at radius 1 is 0.971 bits per heavy atom. The van der Waals surface area contributed by atoms with E-state index in [2.05, 4.69) is 15.9 Å². The van der Waals surface area contributed by atoms with Crippen molar-refractivity contribution in [1.82, 2.24) is 4.90 Å². The minimum atomic E-state index is -0.798. The summed E-state index contributed by atoms with van der Waals surface area (Å²) in [6.45, 7) is 0.223. The SMILES string of the molecule is COc1ccc(CCN2C(=O)C(=O)C(=C(O)c3ccc(F)cc3)[C@H]2c2ccc(Br)cc2)cc1OC. The van der Waals surface area contributed by atoms with Crippen LogP contribution in [0.25, 0.3) is 5.76 Å². The Balaban J connectivity index is 1.73. The number of halogens is 2. The van der Waals surface area contributed by atoms with Crippen LogP contribution in [0.4, 0.5) is 4.39 Å². The van der Waals surface area contributed by atoms with Gasteiger partial charge in [0.15, 0.2) is 11.5 Å². The smallest absolute Gasteiger partial charge is 0.295 e. The van der Waals surface area contributed by atoms with Crippen LogP contribution >= 0.6 is 15.9 Å². The summed E-state index contributed by atoms with van der Waals surface area (Å²) in [7, 11) is 3.10. The molecular weight excluding hydrogens is 517 g/mol. The quantitative estimate of drug-likeness (QED) is 0.251. The second-order valence-corrected chi connectivity index (χ2v) is 8.91. The van der Waals surface area contributed by atoms with Gasteiger partial charge in [0.25, 0.3) is 11.7 Å². The van der Waals surface area contributed by atoms with Crippen molar-refractivity contribution in [3.05, 3.63) is 99.3 Å². The van der Waals surface area contributed by atoms with Gasteiger partial charge in [-0.25, -0.2) is 4.39 Å². The molecule has 1 fully saturated rings. The minimum absolute atomic E-state index is 0.0313. The van der Waals surface area contributed by atoms with Gasteiger partial charge < -0.3 is 19.5 Å². The summed E-state index contributed by atoms with van der Waals surface area (Å²) in [6, 6.07) is 17.0. The molecule has 8 heteroatoms. The second-order valence-electron chi connectivity index (χ2n) is 7.99. The molecule has 3 aromatic rings. The van der Waals surface area contributed by atoms with Crippen molar-refractivity contribution in [3.63, 3.8) is 0 Å². The number of benzene rings is 3. The van der Waals surface area contributed by atoms with Crippen LogP contribution in [0.15, 0.2) is 76.8 Å². The van der Waals surface area contributed by atoms with E-state index in [0.717, 1.165) is 10.0 Å². The molecule has 0 unspecified atom stereocenters. The number of ketones is 1. The van der Waals surface area contributed by atoms with Gasteiger partial charge in [-0.2, -0.15) is 0 Å². The molecule has 1 atom stereocenters. The molecule has 180 valence electrons. The van der Waals surface area contributed by atoms with E-state index in [1.165, 1.54) is 29.2 Å². The molecule has 1 N–H and O–H groups in total. The number of amides is 1. The predicted molar refractivity (Wildman–Crippen MR) is 133 cm³/mol. The third-order valence-electron chi connectivity index (χ3n) is 5.93. The summed E-state index contributed by atoms with van der Waals surface area (Å²) >= 11 is 3.40. The molecule has 0 saturated carbocycles. The van der Waals surface area contributed by atoms with Gasteiger partial charge in [0.1, 0.15) is 11.6 Å². The number of aliphatic hydroxyl groups is 1. The van der Waals surface area contributed by atoms with Crippen LogP contribution in [0.2, 0.25) is 0 Å². The molecule has 1 aliphatic heterocycles. The average Bonchev–Trinajstić information content (AvgIpc) is 3.12. The third kappa shape index (κ3) is 4.93. The molecule has 3 aromatic carbocycles. The molecule has 0 aliphatic carbocycles. The summed E-state index contributed by atoms with van der Waals surface area (Å²) in [5.74, 6) is -1.15. The first-order valence-corrected chi connectivity index (χ1v) is 11.6. The van der Waals surface area contributed by atoms with Gasteiger partial charge in [-0.1, -0.05) is 34.1 Å². The van der Waals surface area contributed by atoms with Crippen molar-refractivity contribution >= 4 is 33.4 Å². The zero-order valence-corrected chi connectivity index (χ0v) is 20.7. The highest BCUT2D eigenvalue weighted by Crippen LogP contribution is 2.40. The van der Waals surface area contributed by atoms with E-state index in [1.807, 2.05) is 24.3 Å². The lowest BCUT2D eigenvalue weighted by Crippen LogP contribution is -2.31. The van der Waals surface area contributed by atoms with Crippen LogP contribution in [-0.2, 0) is 16.0 Å². The van der Waals surface area contributed by atoms with Gasteiger partial charge in [0.05, 0.1) is 25.8 Å². The molecule has 6 nitrogen and oxygen atoms in total. The average molecular weight is 540 g/mol. The minimum Gasteiger partial charge on any atom is -0.507 e. The molecule has 1 aliphatic rings. The number of hydrogen-bond donors (Lipinski definition) is 1.